The summed E-state index contributed by atoms with van der Waals surface area (Å²) in [6, 6.07) is 7.51. The maximum atomic E-state index is 11.7. The fraction of sp³-hybridized carbons (Fsp3) is 0.500. The summed E-state index contributed by atoms with van der Waals surface area (Å²) in [5, 5.41) is 0. The fourth-order valence-corrected chi connectivity index (χ4v) is 2.43. The molecule has 102 valence electrons. The summed E-state index contributed by atoms with van der Waals surface area (Å²) in [5.41, 5.74) is 7.44. The SMILES string of the molecule is CC(C)CNS(=O)(=O)NCc1ccccc1CN. The van der Waals surface area contributed by atoms with Gasteiger partial charge in [-0.15, -0.1) is 0 Å². The highest BCUT2D eigenvalue weighted by Crippen LogP contribution is 2.07. The van der Waals surface area contributed by atoms with Crippen molar-refractivity contribution in [3.63, 3.8) is 0 Å². The lowest BCUT2D eigenvalue weighted by Crippen LogP contribution is -2.38. The lowest BCUT2D eigenvalue weighted by atomic mass is 10.1. The molecule has 0 aliphatic heterocycles. The number of nitrogens with one attached hydrogen (secondary N) is 2. The van der Waals surface area contributed by atoms with Crippen molar-refractivity contribution in [2.24, 2.45) is 11.7 Å². The van der Waals surface area contributed by atoms with Gasteiger partial charge in [0.25, 0.3) is 10.2 Å². The van der Waals surface area contributed by atoms with Crippen molar-refractivity contribution < 1.29 is 8.42 Å². The van der Waals surface area contributed by atoms with E-state index in [2.05, 4.69) is 9.44 Å². The minimum atomic E-state index is -3.44. The van der Waals surface area contributed by atoms with Crippen LogP contribution in [0.4, 0.5) is 0 Å². The Morgan fingerprint density at radius 3 is 2.33 bits per heavy atom. The van der Waals surface area contributed by atoms with E-state index in [0.717, 1.165) is 11.1 Å². The number of benzene rings is 1. The Balaban J connectivity index is 2.59. The number of rotatable bonds is 7. The average Bonchev–Trinajstić information content (AvgIpc) is 2.34. The van der Waals surface area contributed by atoms with Crippen LogP contribution in [0, 0.1) is 5.92 Å². The van der Waals surface area contributed by atoms with Gasteiger partial charge in [0.05, 0.1) is 0 Å². The van der Waals surface area contributed by atoms with Gasteiger partial charge in [0.1, 0.15) is 0 Å². The molecule has 4 N–H and O–H groups in total. The quantitative estimate of drug-likeness (QED) is 0.683. The normalized spacial score (nSPS) is 12.0. The van der Waals surface area contributed by atoms with Crippen molar-refractivity contribution in [3.05, 3.63) is 35.4 Å². The second-order valence-corrected chi connectivity index (χ2v) is 6.12. The van der Waals surface area contributed by atoms with Gasteiger partial charge in [-0.25, -0.2) is 4.72 Å². The van der Waals surface area contributed by atoms with Gasteiger partial charge in [-0.3, -0.25) is 0 Å². The number of nitrogens with two attached hydrogens (primary N) is 1. The zero-order valence-electron chi connectivity index (χ0n) is 10.8. The van der Waals surface area contributed by atoms with Gasteiger partial charge >= 0.3 is 0 Å². The van der Waals surface area contributed by atoms with E-state index >= 15 is 0 Å². The molecule has 0 amide bonds. The first-order chi connectivity index (χ1) is 8.44. The molecule has 1 aromatic carbocycles. The molecule has 6 heteroatoms. The van der Waals surface area contributed by atoms with Crippen molar-refractivity contribution in [2.75, 3.05) is 6.54 Å². The third-order valence-corrected chi connectivity index (χ3v) is 3.54. The lowest BCUT2D eigenvalue weighted by Gasteiger charge is -2.11. The maximum Gasteiger partial charge on any atom is 0.277 e. The predicted octanol–water partition coefficient (Wildman–Crippen LogP) is 0.725. The van der Waals surface area contributed by atoms with E-state index in [1.165, 1.54) is 0 Å². The molecule has 18 heavy (non-hydrogen) atoms. The third-order valence-electron chi connectivity index (χ3n) is 2.47. The molecule has 0 saturated carbocycles. The predicted molar refractivity (Wildman–Crippen MR) is 72.9 cm³/mol. The Labute approximate surface area is 109 Å². The molecule has 0 radical (unpaired) electrons. The first-order valence-corrected chi connectivity index (χ1v) is 7.44. The van der Waals surface area contributed by atoms with Gasteiger partial charge in [-0.2, -0.15) is 13.1 Å². The van der Waals surface area contributed by atoms with Crippen molar-refractivity contribution >= 4 is 10.2 Å². The molecule has 1 rings (SSSR count). The largest absolute Gasteiger partial charge is 0.326 e. The molecule has 0 aliphatic rings. The summed E-state index contributed by atoms with van der Waals surface area (Å²) >= 11 is 0. The minimum Gasteiger partial charge on any atom is -0.326 e. The van der Waals surface area contributed by atoms with Crippen LogP contribution in [0.1, 0.15) is 25.0 Å². The molecule has 1 aromatic rings. The Kier molecular flexibility index (Phi) is 5.74. The Bertz CT molecular complexity index is 472. The summed E-state index contributed by atoms with van der Waals surface area (Å²) in [7, 11) is -3.44. The molecule has 0 atom stereocenters. The van der Waals surface area contributed by atoms with Gasteiger partial charge in [-0.1, -0.05) is 38.1 Å². The minimum absolute atomic E-state index is 0.251. The molecule has 0 fully saturated rings. The molecule has 0 aliphatic carbocycles. The van der Waals surface area contributed by atoms with Crippen LogP contribution in [0.5, 0.6) is 0 Å². The van der Waals surface area contributed by atoms with Gasteiger partial charge in [0.2, 0.25) is 0 Å². The van der Waals surface area contributed by atoms with E-state index in [9.17, 15) is 8.42 Å². The van der Waals surface area contributed by atoms with E-state index < -0.39 is 10.2 Å². The zero-order valence-corrected chi connectivity index (χ0v) is 11.6. The summed E-state index contributed by atoms with van der Waals surface area (Å²) in [4.78, 5) is 0. The standard InChI is InChI=1S/C12H21N3O2S/c1-10(2)8-14-18(16,17)15-9-12-6-4-3-5-11(12)7-13/h3-6,10,14-15H,7-9,13H2,1-2H3. The van der Waals surface area contributed by atoms with Crippen LogP contribution >= 0.6 is 0 Å². The van der Waals surface area contributed by atoms with Crippen LogP contribution in [0.2, 0.25) is 0 Å². The van der Waals surface area contributed by atoms with Crippen LogP contribution in [0.25, 0.3) is 0 Å². The molecule has 0 spiro atoms. The molecule has 0 unspecified atom stereocenters. The third kappa shape index (κ3) is 5.14. The molecule has 0 saturated heterocycles. The Morgan fingerprint density at radius 1 is 1.17 bits per heavy atom. The molecule has 5 nitrogen and oxygen atoms in total. The molecular weight excluding hydrogens is 250 g/mol. The summed E-state index contributed by atoms with van der Waals surface area (Å²) in [6.45, 7) is 4.98. The molecule has 0 bridgehead atoms. The molecular formula is C12H21N3O2S. The summed E-state index contributed by atoms with van der Waals surface area (Å²) in [5.74, 6) is 0.276. The van der Waals surface area contributed by atoms with Gasteiger partial charge in [0, 0.05) is 19.6 Å². The van der Waals surface area contributed by atoms with Crippen LogP contribution in [-0.4, -0.2) is 15.0 Å². The van der Waals surface area contributed by atoms with E-state index in [1.807, 2.05) is 38.1 Å². The highest BCUT2D eigenvalue weighted by molar-refractivity contribution is 7.87. The summed E-state index contributed by atoms with van der Waals surface area (Å²) in [6.07, 6.45) is 0. The monoisotopic (exact) mass is 271 g/mol. The lowest BCUT2D eigenvalue weighted by molar-refractivity contribution is 0.547. The highest BCUT2D eigenvalue weighted by Gasteiger charge is 2.10. The second-order valence-electron chi connectivity index (χ2n) is 4.54. The molecule has 0 heterocycles. The van der Waals surface area contributed by atoms with E-state index in [-0.39, 0.29) is 12.5 Å². The second kappa shape index (κ2) is 6.84. The van der Waals surface area contributed by atoms with Crippen LogP contribution in [0.15, 0.2) is 24.3 Å². The van der Waals surface area contributed by atoms with E-state index in [0.29, 0.717) is 13.1 Å². The number of hydrogen-bond acceptors (Lipinski definition) is 3. The van der Waals surface area contributed by atoms with Crippen molar-refractivity contribution in [1.29, 1.82) is 0 Å². The first kappa shape index (κ1) is 15.1. The smallest absolute Gasteiger partial charge is 0.277 e. The molecule has 0 aromatic heterocycles. The Hall–Kier alpha value is -0.950. The maximum absolute atomic E-state index is 11.7. The highest BCUT2D eigenvalue weighted by atomic mass is 32.2. The van der Waals surface area contributed by atoms with Crippen LogP contribution < -0.4 is 15.2 Å². The Morgan fingerprint density at radius 2 is 1.78 bits per heavy atom. The van der Waals surface area contributed by atoms with Crippen LogP contribution in [-0.2, 0) is 23.3 Å². The average molecular weight is 271 g/mol. The van der Waals surface area contributed by atoms with Crippen molar-refractivity contribution in [2.45, 2.75) is 26.9 Å². The topological polar surface area (TPSA) is 84.2 Å². The van der Waals surface area contributed by atoms with Gasteiger partial charge < -0.3 is 5.73 Å². The van der Waals surface area contributed by atoms with Crippen molar-refractivity contribution in [1.82, 2.24) is 9.44 Å². The number of hydrogen-bond donors (Lipinski definition) is 3. The zero-order chi connectivity index (χ0) is 13.6. The van der Waals surface area contributed by atoms with Crippen LogP contribution in [0.3, 0.4) is 0 Å². The summed E-state index contributed by atoms with van der Waals surface area (Å²) < 4.78 is 28.3. The fourth-order valence-electron chi connectivity index (χ4n) is 1.43. The van der Waals surface area contributed by atoms with Crippen molar-refractivity contribution in [3.8, 4) is 0 Å². The van der Waals surface area contributed by atoms with E-state index in [4.69, 9.17) is 5.73 Å². The van der Waals surface area contributed by atoms with Gasteiger partial charge in [-0.05, 0) is 17.0 Å². The van der Waals surface area contributed by atoms with E-state index in [1.54, 1.807) is 0 Å². The first-order valence-electron chi connectivity index (χ1n) is 5.95. The van der Waals surface area contributed by atoms with Gasteiger partial charge in [0.15, 0.2) is 0 Å².